The third-order valence-corrected chi connectivity index (χ3v) is 6.70. The molecule has 0 aromatic heterocycles. The number of nitro groups is 1. The van der Waals surface area contributed by atoms with Crippen LogP contribution in [0, 0.1) is 23.0 Å². The predicted octanol–water partition coefficient (Wildman–Crippen LogP) is 3.38. The van der Waals surface area contributed by atoms with E-state index < -0.39 is 14.9 Å². The number of piperidine rings is 1. The fourth-order valence-electron chi connectivity index (χ4n) is 3.15. The van der Waals surface area contributed by atoms with E-state index in [1.54, 1.807) is 0 Å². The Kier molecular flexibility index (Phi) is 5.76. The number of non-ortho nitro benzene ring substituents is 1. The smallest absolute Gasteiger partial charge is 0.270 e. The zero-order valence-corrected chi connectivity index (χ0v) is 15.9. The van der Waals surface area contributed by atoms with Gasteiger partial charge in [0.2, 0.25) is 10.0 Å². The summed E-state index contributed by atoms with van der Waals surface area (Å²) in [4.78, 5) is 10.3. The minimum atomic E-state index is -3.73. The van der Waals surface area contributed by atoms with Crippen LogP contribution in [0.5, 0.6) is 5.75 Å². The van der Waals surface area contributed by atoms with Gasteiger partial charge in [-0.25, -0.2) is 8.42 Å². The number of rotatable bonds is 6. The molecule has 0 saturated carbocycles. The summed E-state index contributed by atoms with van der Waals surface area (Å²) in [7, 11) is -3.73. The maximum absolute atomic E-state index is 12.8. The van der Waals surface area contributed by atoms with Crippen LogP contribution in [0.25, 0.3) is 0 Å². The molecule has 0 bridgehead atoms. The molecule has 0 aliphatic carbocycles. The van der Waals surface area contributed by atoms with Crippen molar-refractivity contribution in [3.8, 4) is 5.75 Å². The summed E-state index contributed by atoms with van der Waals surface area (Å²) >= 11 is 0. The summed E-state index contributed by atoms with van der Waals surface area (Å²) in [6, 6.07) is 13.0. The first-order valence-corrected chi connectivity index (χ1v) is 10.2. The monoisotopic (exact) mass is 390 g/mol. The van der Waals surface area contributed by atoms with Crippen LogP contribution in [-0.2, 0) is 10.0 Å². The van der Waals surface area contributed by atoms with Gasteiger partial charge in [0.25, 0.3) is 5.69 Å². The van der Waals surface area contributed by atoms with Crippen LogP contribution in [0.1, 0.15) is 18.4 Å². The number of sulfonamides is 1. The Bertz CT molecular complexity index is 921. The molecule has 0 radical (unpaired) electrons. The van der Waals surface area contributed by atoms with Gasteiger partial charge in [0.05, 0.1) is 16.4 Å². The van der Waals surface area contributed by atoms with E-state index in [9.17, 15) is 18.5 Å². The first-order chi connectivity index (χ1) is 12.9. The Morgan fingerprint density at radius 3 is 2.52 bits per heavy atom. The van der Waals surface area contributed by atoms with Crippen LogP contribution >= 0.6 is 0 Å². The molecule has 1 fully saturated rings. The number of aryl methyl sites for hydroxylation is 1. The zero-order valence-electron chi connectivity index (χ0n) is 15.1. The van der Waals surface area contributed by atoms with Gasteiger partial charge < -0.3 is 4.74 Å². The van der Waals surface area contributed by atoms with Gasteiger partial charge in [-0.1, -0.05) is 24.3 Å². The van der Waals surface area contributed by atoms with Gasteiger partial charge >= 0.3 is 0 Å². The van der Waals surface area contributed by atoms with Crippen LogP contribution in [0.3, 0.4) is 0 Å². The molecule has 1 aliphatic rings. The van der Waals surface area contributed by atoms with E-state index in [0.29, 0.717) is 32.5 Å². The van der Waals surface area contributed by atoms with Crippen molar-refractivity contribution in [1.82, 2.24) is 4.31 Å². The molecular formula is C19H22N2O5S. The van der Waals surface area contributed by atoms with Gasteiger partial charge in [-0.3, -0.25) is 10.1 Å². The molecular weight excluding hydrogens is 368 g/mol. The van der Waals surface area contributed by atoms with Crippen molar-refractivity contribution in [2.45, 2.75) is 24.7 Å². The van der Waals surface area contributed by atoms with E-state index in [2.05, 4.69) is 0 Å². The van der Waals surface area contributed by atoms with Gasteiger partial charge in [0.15, 0.2) is 0 Å². The largest absolute Gasteiger partial charge is 0.493 e. The third kappa shape index (κ3) is 4.45. The molecule has 1 saturated heterocycles. The van der Waals surface area contributed by atoms with E-state index in [1.807, 2.05) is 31.2 Å². The number of nitrogens with zero attached hydrogens (tertiary/aromatic N) is 2. The second-order valence-corrected chi connectivity index (χ2v) is 8.62. The average molecular weight is 390 g/mol. The van der Waals surface area contributed by atoms with Crippen LogP contribution in [-0.4, -0.2) is 37.3 Å². The normalized spacial score (nSPS) is 16.2. The number of benzene rings is 2. The van der Waals surface area contributed by atoms with Crippen molar-refractivity contribution in [3.05, 3.63) is 64.2 Å². The van der Waals surface area contributed by atoms with Crippen LogP contribution in [0.2, 0.25) is 0 Å². The predicted molar refractivity (Wildman–Crippen MR) is 101 cm³/mol. The Morgan fingerprint density at radius 2 is 1.85 bits per heavy atom. The number of ether oxygens (including phenoxy) is 1. The highest BCUT2D eigenvalue weighted by molar-refractivity contribution is 7.89. The van der Waals surface area contributed by atoms with Crippen molar-refractivity contribution in [3.63, 3.8) is 0 Å². The van der Waals surface area contributed by atoms with E-state index >= 15 is 0 Å². The fraction of sp³-hybridized carbons (Fsp3) is 0.368. The van der Waals surface area contributed by atoms with Gasteiger partial charge in [-0.2, -0.15) is 4.31 Å². The van der Waals surface area contributed by atoms with Gasteiger partial charge in [-0.05, 0) is 43.4 Å². The van der Waals surface area contributed by atoms with E-state index in [0.717, 1.165) is 17.4 Å². The summed E-state index contributed by atoms with van der Waals surface area (Å²) < 4.78 is 32.8. The molecule has 1 heterocycles. The maximum Gasteiger partial charge on any atom is 0.270 e. The highest BCUT2D eigenvalue weighted by Crippen LogP contribution is 2.27. The molecule has 0 amide bonds. The summed E-state index contributed by atoms with van der Waals surface area (Å²) in [6.07, 6.45) is 1.39. The fourth-order valence-corrected chi connectivity index (χ4v) is 4.66. The zero-order chi connectivity index (χ0) is 19.4. The molecule has 7 nitrogen and oxygen atoms in total. The lowest BCUT2D eigenvalue weighted by Gasteiger charge is -2.31. The summed E-state index contributed by atoms with van der Waals surface area (Å²) in [6.45, 7) is 3.30. The summed E-state index contributed by atoms with van der Waals surface area (Å²) in [5.41, 5.74) is 0.848. The number of para-hydroxylation sites is 1. The van der Waals surface area contributed by atoms with Crippen molar-refractivity contribution < 1.29 is 18.1 Å². The van der Waals surface area contributed by atoms with Crippen LogP contribution in [0.15, 0.2) is 53.4 Å². The van der Waals surface area contributed by atoms with Gasteiger partial charge in [-0.15, -0.1) is 0 Å². The molecule has 0 unspecified atom stereocenters. The summed E-state index contributed by atoms with van der Waals surface area (Å²) in [5.74, 6) is 1.13. The highest BCUT2D eigenvalue weighted by atomic mass is 32.2. The Balaban J connectivity index is 1.60. The number of nitro benzene ring substituents is 1. The first-order valence-electron chi connectivity index (χ1n) is 8.81. The van der Waals surface area contributed by atoms with Crippen LogP contribution in [0.4, 0.5) is 5.69 Å². The van der Waals surface area contributed by atoms with Crippen molar-refractivity contribution in [2.75, 3.05) is 19.7 Å². The van der Waals surface area contributed by atoms with E-state index in [-0.39, 0.29) is 16.5 Å². The Morgan fingerprint density at radius 1 is 1.15 bits per heavy atom. The lowest BCUT2D eigenvalue weighted by molar-refractivity contribution is -0.385. The topological polar surface area (TPSA) is 89.8 Å². The van der Waals surface area contributed by atoms with Crippen molar-refractivity contribution in [1.29, 1.82) is 0 Å². The molecule has 8 heteroatoms. The quantitative estimate of drug-likeness (QED) is 0.557. The molecule has 3 rings (SSSR count). The van der Waals surface area contributed by atoms with Crippen molar-refractivity contribution >= 4 is 15.7 Å². The second kappa shape index (κ2) is 8.06. The van der Waals surface area contributed by atoms with Gasteiger partial charge in [0.1, 0.15) is 5.75 Å². The lowest BCUT2D eigenvalue weighted by atomic mass is 9.99. The van der Waals surface area contributed by atoms with Crippen molar-refractivity contribution in [2.24, 2.45) is 5.92 Å². The van der Waals surface area contributed by atoms with E-state index in [4.69, 9.17) is 4.74 Å². The minimum Gasteiger partial charge on any atom is -0.493 e. The average Bonchev–Trinajstić information content (AvgIpc) is 2.68. The van der Waals surface area contributed by atoms with Crippen LogP contribution < -0.4 is 4.74 Å². The molecule has 144 valence electrons. The second-order valence-electron chi connectivity index (χ2n) is 6.68. The molecule has 0 spiro atoms. The Hall–Kier alpha value is -2.45. The SMILES string of the molecule is Cc1ccccc1OCC1CCN(S(=O)(=O)c2cccc([N+](=O)[O-])c2)CC1. The first kappa shape index (κ1) is 19.3. The molecule has 0 N–H and O–H groups in total. The standard InChI is InChI=1S/C19H22N2O5S/c1-15-5-2-3-8-19(15)26-14-16-9-11-20(12-10-16)27(24,25)18-7-4-6-17(13-18)21(22)23/h2-8,13,16H,9-12,14H2,1H3. The van der Waals surface area contributed by atoms with Gasteiger partial charge in [0, 0.05) is 25.2 Å². The maximum atomic E-state index is 12.8. The Labute approximate surface area is 158 Å². The molecule has 0 atom stereocenters. The molecule has 1 aliphatic heterocycles. The molecule has 2 aromatic rings. The molecule has 27 heavy (non-hydrogen) atoms. The number of hydrogen-bond acceptors (Lipinski definition) is 5. The summed E-state index contributed by atoms with van der Waals surface area (Å²) in [5, 5.41) is 10.9. The third-order valence-electron chi connectivity index (χ3n) is 4.81. The highest BCUT2D eigenvalue weighted by Gasteiger charge is 2.30. The number of hydrogen-bond donors (Lipinski definition) is 0. The minimum absolute atomic E-state index is 0.0358. The lowest BCUT2D eigenvalue weighted by Crippen LogP contribution is -2.39. The molecule has 2 aromatic carbocycles. The van der Waals surface area contributed by atoms with E-state index in [1.165, 1.54) is 22.5 Å².